The van der Waals surface area contributed by atoms with E-state index >= 15 is 0 Å². The Morgan fingerprint density at radius 3 is 2.18 bits per heavy atom. The largest absolute Gasteiger partial charge is 0.399 e. The number of amides is 1. The van der Waals surface area contributed by atoms with Crippen LogP contribution in [-0.2, 0) is 6.54 Å². The van der Waals surface area contributed by atoms with E-state index in [4.69, 9.17) is 5.73 Å². The molecule has 22 heavy (non-hydrogen) atoms. The van der Waals surface area contributed by atoms with E-state index < -0.39 is 0 Å². The fourth-order valence-corrected chi connectivity index (χ4v) is 2.75. The number of carbonyl (C=O) groups is 1. The summed E-state index contributed by atoms with van der Waals surface area (Å²) in [7, 11) is 0. The van der Waals surface area contributed by atoms with E-state index in [0.717, 1.165) is 44.0 Å². The molecule has 0 bridgehead atoms. The van der Waals surface area contributed by atoms with Crippen LogP contribution in [0.25, 0.3) is 0 Å². The number of benzene rings is 2. The van der Waals surface area contributed by atoms with E-state index in [2.05, 4.69) is 17.0 Å². The van der Waals surface area contributed by atoms with Crippen LogP contribution in [0.5, 0.6) is 0 Å². The smallest absolute Gasteiger partial charge is 0.253 e. The van der Waals surface area contributed by atoms with Gasteiger partial charge in [-0.3, -0.25) is 9.69 Å². The second kappa shape index (κ2) is 6.62. The summed E-state index contributed by atoms with van der Waals surface area (Å²) in [6.45, 7) is 4.28. The molecule has 4 heteroatoms. The Hall–Kier alpha value is -2.33. The van der Waals surface area contributed by atoms with Gasteiger partial charge < -0.3 is 10.6 Å². The fourth-order valence-electron chi connectivity index (χ4n) is 2.75. The molecule has 0 unspecified atom stereocenters. The van der Waals surface area contributed by atoms with E-state index in [0.29, 0.717) is 0 Å². The Balaban J connectivity index is 1.54. The number of piperazine rings is 1. The van der Waals surface area contributed by atoms with E-state index in [-0.39, 0.29) is 5.91 Å². The number of nitrogens with two attached hydrogens (primary N) is 1. The average molecular weight is 295 g/mol. The summed E-state index contributed by atoms with van der Waals surface area (Å²) in [5, 5.41) is 0. The molecule has 114 valence electrons. The minimum Gasteiger partial charge on any atom is -0.399 e. The van der Waals surface area contributed by atoms with Crippen LogP contribution in [0, 0.1) is 0 Å². The highest BCUT2D eigenvalue weighted by Crippen LogP contribution is 2.12. The summed E-state index contributed by atoms with van der Waals surface area (Å²) in [6, 6.07) is 17.5. The molecule has 0 spiro atoms. The Morgan fingerprint density at radius 1 is 0.909 bits per heavy atom. The molecule has 0 radical (unpaired) electrons. The Morgan fingerprint density at radius 2 is 1.55 bits per heavy atom. The molecule has 4 nitrogen and oxygen atoms in total. The van der Waals surface area contributed by atoms with Gasteiger partial charge in [-0.1, -0.05) is 30.3 Å². The third-order valence-electron chi connectivity index (χ3n) is 4.07. The fraction of sp³-hybridized carbons (Fsp3) is 0.278. The molecule has 0 aromatic heterocycles. The molecular formula is C18H21N3O. The standard InChI is InChI=1S/C18H21N3O/c19-17-8-6-15(7-9-17)14-20-10-12-21(13-11-20)18(22)16-4-2-1-3-5-16/h1-9H,10-14,19H2. The highest BCUT2D eigenvalue weighted by Gasteiger charge is 2.21. The maximum atomic E-state index is 12.4. The lowest BCUT2D eigenvalue weighted by atomic mass is 10.1. The molecule has 0 atom stereocenters. The van der Waals surface area contributed by atoms with E-state index in [1.165, 1.54) is 5.56 Å². The van der Waals surface area contributed by atoms with Crippen molar-refractivity contribution in [2.75, 3.05) is 31.9 Å². The van der Waals surface area contributed by atoms with Gasteiger partial charge in [0.25, 0.3) is 5.91 Å². The topological polar surface area (TPSA) is 49.6 Å². The van der Waals surface area contributed by atoms with Crippen molar-refractivity contribution in [3.63, 3.8) is 0 Å². The molecule has 1 amide bonds. The quantitative estimate of drug-likeness (QED) is 0.883. The molecule has 1 aliphatic rings. The van der Waals surface area contributed by atoms with Crippen molar-refractivity contribution in [3.05, 3.63) is 65.7 Å². The predicted octanol–water partition coefficient (Wildman–Crippen LogP) is 2.23. The number of nitrogen functional groups attached to an aromatic ring is 1. The first kappa shape index (κ1) is 14.6. The lowest BCUT2D eigenvalue weighted by molar-refractivity contribution is 0.0628. The monoisotopic (exact) mass is 295 g/mol. The van der Waals surface area contributed by atoms with Crippen molar-refractivity contribution in [2.45, 2.75) is 6.54 Å². The van der Waals surface area contributed by atoms with E-state index in [9.17, 15) is 4.79 Å². The van der Waals surface area contributed by atoms with Crippen LogP contribution < -0.4 is 5.73 Å². The van der Waals surface area contributed by atoms with Crippen molar-refractivity contribution >= 4 is 11.6 Å². The second-order valence-corrected chi connectivity index (χ2v) is 5.68. The van der Waals surface area contributed by atoms with Crippen molar-refractivity contribution in [2.24, 2.45) is 0 Å². The minimum absolute atomic E-state index is 0.132. The number of carbonyl (C=O) groups excluding carboxylic acids is 1. The molecule has 1 aliphatic heterocycles. The Labute approximate surface area is 131 Å². The SMILES string of the molecule is Nc1ccc(CN2CCN(C(=O)c3ccccc3)CC2)cc1. The number of hydrogen-bond acceptors (Lipinski definition) is 3. The van der Waals surface area contributed by atoms with Crippen LogP contribution in [-0.4, -0.2) is 41.9 Å². The summed E-state index contributed by atoms with van der Waals surface area (Å²) in [5.74, 6) is 0.132. The van der Waals surface area contributed by atoms with E-state index in [1.54, 1.807) is 0 Å². The highest BCUT2D eigenvalue weighted by atomic mass is 16.2. The number of rotatable bonds is 3. The van der Waals surface area contributed by atoms with Crippen molar-refractivity contribution in [1.29, 1.82) is 0 Å². The van der Waals surface area contributed by atoms with Crippen molar-refractivity contribution in [1.82, 2.24) is 9.80 Å². The van der Waals surface area contributed by atoms with Crippen LogP contribution in [0.2, 0.25) is 0 Å². The maximum Gasteiger partial charge on any atom is 0.253 e. The third kappa shape index (κ3) is 3.46. The van der Waals surface area contributed by atoms with Crippen molar-refractivity contribution in [3.8, 4) is 0 Å². The molecule has 3 rings (SSSR count). The maximum absolute atomic E-state index is 12.4. The van der Waals surface area contributed by atoms with Gasteiger partial charge in [0.05, 0.1) is 0 Å². The summed E-state index contributed by atoms with van der Waals surface area (Å²) < 4.78 is 0. The first-order valence-corrected chi connectivity index (χ1v) is 7.63. The van der Waals surface area contributed by atoms with E-state index in [1.807, 2.05) is 47.4 Å². The van der Waals surface area contributed by atoms with Gasteiger partial charge in [0.1, 0.15) is 0 Å². The van der Waals surface area contributed by atoms with Crippen molar-refractivity contribution < 1.29 is 4.79 Å². The molecule has 0 aliphatic carbocycles. The van der Waals surface area contributed by atoms with Gasteiger partial charge in [0.2, 0.25) is 0 Å². The highest BCUT2D eigenvalue weighted by molar-refractivity contribution is 5.94. The zero-order chi connectivity index (χ0) is 15.4. The van der Waals surface area contributed by atoms with Gasteiger partial charge in [-0.15, -0.1) is 0 Å². The predicted molar refractivity (Wildman–Crippen MR) is 88.5 cm³/mol. The normalized spacial score (nSPS) is 15.7. The summed E-state index contributed by atoms with van der Waals surface area (Å²) in [5.41, 5.74) is 8.54. The lowest BCUT2D eigenvalue weighted by Gasteiger charge is -2.34. The number of nitrogens with zero attached hydrogens (tertiary/aromatic N) is 2. The second-order valence-electron chi connectivity index (χ2n) is 5.68. The molecule has 1 fully saturated rings. The van der Waals surface area contributed by atoms with Gasteiger partial charge in [-0.2, -0.15) is 0 Å². The molecule has 0 saturated carbocycles. The molecule has 1 saturated heterocycles. The summed E-state index contributed by atoms with van der Waals surface area (Å²) >= 11 is 0. The third-order valence-corrected chi connectivity index (χ3v) is 4.07. The van der Waals surface area contributed by atoms with Crippen LogP contribution in [0.3, 0.4) is 0 Å². The number of anilines is 1. The average Bonchev–Trinajstić information content (AvgIpc) is 2.58. The molecular weight excluding hydrogens is 274 g/mol. The number of hydrogen-bond donors (Lipinski definition) is 1. The molecule has 1 heterocycles. The van der Waals surface area contributed by atoms with Gasteiger partial charge in [-0.05, 0) is 29.8 Å². The van der Waals surface area contributed by atoms with Gasteiger partial charge in [0, 0.05) is 44.0 Å². The zero-order valence-corrected chi connectivity index (χ0v) is 12.6. The van der Waals surface area contributed by atoms with Crippen LogP contribution in [0.15, 0.2) is 54.6 Å². The molecule has 2 N–H and O–H groups in total. The molecule has 2 aromatic carbocycles. The lowest BCUT2D eigenvalue weighted by Crippen LogP contribution is -2.48. The first-order chi connectivity index (χ1) is 10.7. The van der Waals surface area contributed by atoms with Gasteiger partial charge in [-0.25, -0.2) is 0 Å². The van der Waals surface area contributed by atoms with Crippen LogP contribution >= 0.6 is 0 Å². The Bertz CT molecular complexity index is 617. The summed E-state index contributed by atoms with van der Waals surface area (Å²) in [4.78, 5) is 16.7. The summed E-state index contributed by atoms with van der Waals surface area (Å²) in [6.07, 6.45) is 0. The minimum atomic E-state index is 0.132. The van der Waals surface area contributed by atoms with Gasteiger partial charge in [0.15, 0.2) is 0 Å². The molecule has 2 aromatic rings. The Kier molecular flexibility index (Phi) is 4.39. The first-order valence-electron chi connectivity index (χ1n) is 7.63. The van der Waals surface area contributed by atoms with Crippen LogP contribution in [0.4, 0.5) is 5.69 Å². The van der Waals surface area contributed by atoms with Gasteiger partial charge >= 0.3 is 0 Å². The van der Waals surface area contributed by atoms with Crippen LogP contribution in [0.1, 0.15) is 15.9 Å². The zero-order valence-electron chi connectivity index (χ0n) is 12.6.